The van der Waals surface area contributed by atoms with Gasteiger partial charge in [0.1, 0.15) is 0 Å². The Morgan fingerprint density at radius 1 is 1.54 bits per heavy atom. The van der Waals surface area contributed by atoms with Crippen LogP contribution in [-0.4, -0.2) is 18.7 Å². The number of anilines is 1. The molecular weight excluding hydrogens is 186 g/mol. The SMILES string of the molecule is O=Cc1cc(N2CCCC2=O)cs1. The van der Waals surface area contributed by atoms with E-state index in [0.29, 0.717) is 11.3 Å². The third-order valence-corrected chi connectivity index (χ3v) is 2.95. The summed E-state index contributed by atoms with van der Waals surface area (Å²) in [6, 6.07) is 1.76. The number of aldehydes is 1. The van der Waals surface area contributed by atoms with E-state index in [9.17, 15) is 9.59 Å². The number of hydrogen-bond donors (Lipinski definition) is 0. The van der Waals surface area contributed by atoms with E-state index in [-0.39, 0.29) is 5.91 Å². The van der Waals surface area contributed by atoms with Gasteiger partial charge in [0.05, 0.1) is 10.6 Å². The van der Waals surface area contributed by atoms with Crippen LogP contribution in [0.25, 0.3) is 0 Å². The summed E-state index contributed by atoms with van der Waals surface area (Å²) in [4.78, 5) is 24.2. The molecule has 1 aromatic heterocycles. The lowest BCUT2D eigenvalue weighted by molar-refractivity contribution is -0.117. The van der Waals surface area contributed by atoms with Gasteiger partial charge >= 0.3 is 0 Å². The maximum Gasteiger partial charge on any atom is 0.227 e. The highest BCUT2D eigenvalue weighted by Gasteiger charge is 2.22. The Bertz CT molecular complexity index is 345. The van der Waals surface area contributed by atoms with Crippen LogP contribution < -0.4 is 4.90 Å². The monoisotopic (exact) mass is 195 g/mol. The third kappa shape index (κ3) is 1.49. The highest BCUT2D eigenvalue weighted by Crippen LogP contribution is 2.25. The van der Waals surface area contributed by atoms with Gasteiger partial charge in [-0.15, -0.1) is 11.3 Å². The van der Waals surface area contributed by atoms with Gasteiger partial charge in [-0.25, -0.2) is 0 Å². The molecule has 1 aliphatic heterocycles. The summed E-state index contributed by atoms with van der Waals surface area (Å²) in [6.45, 7) is 0.786. The van der Waals surface area contributed by atoms with Gasteiger partial charge in [0, 0.05) is 18.3 Å². The van der Waals surface area contributed by atoms with E-state index in [1.165, 1.54) is 11.3 Å². The van der Waals surface area contributed by atoms with Gasteiger partial charge in [-0.3, -0.25) is 9.59 Å². The van der Waals surface area contributed by atoms with Crippen LogP contribution in [0.15, 0.2) is 11.4 Å². The van der Waals surface area contributed by atoms with Crippen molar-refractivity contribution in [2.45, 2.75) is 12.8 Å². The number of carbonyl (C=O) groups excluding carboxylic acids is 2. The first-order valence-electron chi connectivity index (χ1n) is 4.15. The Morgan fingerprint density at radius 2 is 2.38 bits per heavy atom. The summed E-state index contributed by atoms with van der Waals surface area (Å²) >= 11 is 1.38. The predicted molar refractivity (Wildman–Crippen MR) is 51.3 cm³/mol. The van der Waals surface area contributed by atoms with Crippen LogP contribution in [-0.2, 0) is 4.79 Å². The largest absolute Gasteiger partial charge is 0.312 e. The Hall–Kier alpha value is -1.16. The Kier molecular flexibility index (Phi) is 2.14. The minimum atomic E-state index is 0.162. The molecule has 1 saturated heterocycles. The van der Waals surface area contributed by atoms with Crippen LogP contribution in [0.5, 0.6) is 0 Å². The van der Waals surface area contributed by atoms with Crippen LogP contribution >= 0.6 is 11.3 Å². The molecule has 0 aliphatic carbocycles. The van der Waals surface area contributed by atoms with E-state index in [0.717, 1.165) is 24.9 Å². The molecule has 1 fully saturated rings. The van der Waals surface area contributed by atoms with E-state index in [4.69, 9.17) is 0 Å². The normalized spacial score (nSPS) is 16.6. The molecule has 0 spiro atoms. The number of amides is 1. The molecule has 1 aliphatic rings. The number of hydrogen-bond acceptors (Lipinski definition) is 3. The zero-order valence-corrected chi connectivity index (χ0v) is 7.84. The first-order chi connectivity index (χ1) is 6.31. The molecule has 0 bridgehead atoms. The van der Waals surface area contributed by atoms with Gasteiger partial charge in [-0.2, -0.15) is 0 Å². The number of carbonyl (C=O) groups is 2. The zero-order chi connectivity index (χ0) is 9.26. The van der Waals surface area contributed by atoms with Crippen LogP contribution in [0, 0.1) is 0 Å². The molecular formula is C9H9NO2S. The van der Waals surface area contributed by atoms with Crippen molar-refractivity contribution in [1.82, 2.24) is 0 Å². The van der Waals surface area contributed by atoms with Crippen molar-refractivity contribution >= 4 is 29.2 Å². The van der Waals surface area contributed by atoms with Crippen molar-refractivity contribution in [3.63, 3.8) is 0 Å². The van der Waals surface area contributed by atoms with Gasteiger partial charge in [-0.1, -0.05) is 0 Å². The van der Waals surface area contributed by atoms with Crippen molar-refractivity contribution in [3.05, 3.63) is 16.3 Å². The van der Waals surface area contributed by atoms with Crippen molar-refractivity contribution in [2.75, 3.05) is 11.4 Å². The average Bonchev–Trinajstić information content (AvgIpc) is 2.71. The number of thiophene rings is 1. The summed E-state index contributed by atoms with van der Waals surface area (Å²) in [6.07, 6.45) is 2.37. The fraction of sp³-hybridized carbons (Fsp3) is 0.333. The maximum atomic E-state index is 11.3. The first kappa shape index (κ1) is 8.44. The minimum Gasteiger partial charge on any atom is -0.312 e. The van der Waals surface area contributed by atoms with Gasteiger partial charge < -0.3 is 4.90 Å². The van der Waals surface area contributed by atoms with Crippen LogP contribution in [0.3, 0.4) is 0 Å². The molecule has 2 heterocycles. The Morgan fingerprint density at radius 3 is 2.92 bits per heavy atom. The second-order valence-electron chi connectivity index (χ2n) is 2.97. The minimum absolute atomic E-state index is 0.162. The first-order valence-corrected chi connectivity index (χ1v) is 5.03. The predicted octanol–water partition coefficient (Wildman–Crippen LogP) is 1.69. The summed E-state index contributed by atoms with van der Waals surface area (Å²) < 4.78 is 0. The fourth-order valence-electron chi connectivity index (χ4n) is 1.47. The molecule has 0 radical (unpaired) electrons. The van der Waals surface area contributed by atoms with Gasteiger partial charge in [0.2, 0.25) is 5.91 Å². The molecule has 1 aromatic rings. The highest BCUT2D eigenvalue weighted by atomic mass is 32.1. The molecule has 0 N–H and O–H groups in total. The molecule has 0 atom stereocenters. The molecule has 0 unspecified atom stereocenters. The van der Waals surface area contributed by atoms with E-state index in [2.05, 4.69) is 0 Å². The van der Waals surface area contributed by atoms with Crippen molar-refractivity contribution in [3.8, 4) is 0 Å². The molecule has 13 heavy (non-hydrogen) atoms. The molecule has 68 valence electrons. The lowest BCUT2D eigenvalue weighted by Gasteiger charge is -2.12. The van der Waals surface area contributed by atoms with Crippen molar-refractivity contribution < 1.29 is 9.59 Å². The van der Waals surface area contributed by atoms with E-state index in [1.54, 1.807) is 11.0 Å². The lowest BCUT2D eigenvalue weighted by Crippen LogP contribution is -2.22. The molecule has 2 rings (SSSR count). The highest BCUT2D eigenvalue weighted by molar-refractivity contribution is 7.12. The quantitative estimate of drug-likeness (QED) is 0.673. The molecule has 3 nitrogen and oxygen atoms in total. The van der Waals surface area contributed by atoms with Gasteiger partial charge in [-0.05, 0) is 12.5 Å². The fourth-order valence-corrected chi connectivity index (χ4v) is 2.16. The van der Waals surface area contributed by atoms with E-state index in [1.807, 2.05) is 5.38 Å². The Balaban J connectivity index is 2.24. The molecule has 0 aromatic carbocycles. The molecule has 0 saturated carbocycles. The summed E-state index contributed by atoms with van der Waals surface area (Å²) in [5, 5.41) is 1.85. The lowest BCUT2D eigenvalue weighted by atomic mass is 10.4. The van der Waals surface area contributed by atoms with Crippen LogP contribution in [0.1, 0.15) is 22.5 Å². The number of nitrogens with zero attached hydrogens (tertiary/aromatic N) is 1. The summed E-state index contributed by atoms with van der Waals surface area (Å²) in [7, 11) is 0. The maximum absolute atomic E-state index is 11.3. The van der Waals surface area contributed by atoms with Gasteiger partial charge in [0.25, 0.3) is 0 Å². The van der Waals surface area contributed by atoms with Crippen LogP contribution in [0.2, 0.25) is 0 Å². The average molecular weight is 195 g/mol. The van der Waals surface area contributed by atoms with E-state index >= 15 is 0 Å². The Labute approximate surface area is 80.0 Å². The number of rotatable bonds is 2. The smallest absolute Gasteiger partial charge is 0.227 e. The summed E-state index contributed by atoms with van der Waals surface area (Å²) in [5.41, 5.74) is 0.870. The van der Waals surface area contributed by atoms with Crippen LogP contribution in [0.4, 0.5) is 5.69 Å². The second kappa shape index (κ2) is 3.30. The topological polar surface area (TPSA) is 37.4 Å². The zero-order valence-electron chi connectivity index (χ0n) is 7.03. The standard InChI is InChI=1S/C9H9NO2S/c11-5-8-4-7(6-13-8)10-3-1-2-9(10)12/h4-6H,1-3H2. The second-order valence-corrected chi connectivity index (χ2v) is 3.92. The summed E-state index contributed by atoms with van der Waals surface area (Å²) in [5.74, 6) is 0.162. The molecule has 4 heteroatoms. The van der Waals surface area contributed by atoms with Gasteiger partial charge in [0.15, 0.2) is 6.29 Å². The van der Waals surface area contributed by atoms with E-state index < -0.39 is 0 Å². The third-order valence-electron chi connectivity index (χ3n) is 2.11. The van der Waals surface area contributed by atoms with Crippen molar-refractivity contribution in [1.29, 1.82) is 0 Å². The molecule has 1 amide bonds. The van der Waals surface area contributed by atoms with Crippen molar-refractivity contribution in [2.24, 2.45) is 0 Å².